The van der Waals surface area contributed by atoms with Gasteiger partial charge in [-0.1, -0.05) is 6.07 Å². The largest absolute Gasteiger partial charge is 0.493 e. The number of benzene rings is 1. The molecule has 0 fully saturated rings. The lowest BCUT2D eigenvalue weighted by atomic mass is 10.0. The fourth-order valence-electron chi connectivity index (χ4n) is 2.94. The molecule has 154 valence electrons. The average Bonchev–Trinajstić information content (AvgIpc) is 3.04. The van der Waals surface area contributed by atoms with Crippen molar-refractivity contribution >= 4 is 17.8 Å². The first kappa shape index (κ1) is 22.3. The quantitative estimate of drug-likeness (QED) is 0.307. The van der Waals surface area contributed by atoms with E-state index in [1.54, 1.807) is 39.0 Å². The van der Waals surface area contributed by atoms with Crippen LogP contribution < -0.4 is 9.47 Å². The Balaban J connectivity index is 2.41. The highest BCUT2D eigenvalue weighted by Gasteiger charge is 2.24. The van der Waals surface area contributed by atoms with Crippen LogP contribution in [-0.2, 0) is 4.74 Å². The topological polar surface area (TPSA) is 125 Å². The fraction of sp³-hybridized carbons (Fsp3) is 0.273. The zero-order chi connectivity index (χ0) is 22.3. The Bertz CT molecular complexity index is 1080. The number of aromatic amines is 1. The van der Waals surface area contributed by atoms with Crippen molar-refractivity contribution < 1.29 is 23.8 Å². The van der Waals surface area contributed by atoms with E-state index in [4.69, 9.17) is 19.5 Å². The zero-order valence-corrected chi connectivity index (χ0v) is 17.2. The maximum absolute atomic E-state index is 12.9. The first-order valence-corrected chi connectivity index (χ1v) is 9.08. The van der Waals surface area contributed by atoms with Crippen molar-refractivity contribution in [2.24, 2.45) is 0 Å². The Kier molecular flexibility index (Phi) is 7.38. The SMILES string of the molecule is CCOC(=O)c1c(C)[nH]c(C(=O)/C(C#N)=C/c2ccc(OCC#N)c(OC)c2)c1C. The maximum Gasteiger partial charge on any atom is 0.340 e. The lowest BCUT2D eigenvalue weighted by Gasteiger charge is -2.09. The molecule has 8 nitrogen and oxygen atoms in total. The van der Waals surface area contributed by atoms with Gasteiger partial charge in [-0.3, -0.25) is 4.79 Å². The van der Waals surface area contributed by atoms with Crippen molar-refractivity contribution in [2.75, 3.05) is 20.3 Å². The molecule has 0 radical (unpaired) electrons. The van der Waals surface area contributed by atoms with Crippen molar-refractivity contribution in [3.8, 4) is 23.6 Å². The van der Waals surface area contributed by atoms with Gasteiger partial charge in [-0.05, 0) is 50.1 Å². The lowest BCUT2D eigenvalue weighted by Crippen LogP contribution is -2.08. The van der Waals surface area contributed by atoms with Crippen LogP contribution in [0.15, 0.2) is 23.8 Å². The number of hydrogen-bond donors (Lipinski definition) is 1. The van der Waals surface area contributed by atoms with Gasteiger partial charge >= 0.3 is 5.97 Å². The van der Waals surface area contributed by atoms with E-state index in [1.807, 2.05) is 12.1 Å². The number of methoxy groups -OCH3 is 1. The molecule has 0 saturated heterocycles. The van der Waals surface area contributed by atoms with Crippen LogP contribution in [0.5, 0.6) is 11.5 Å². The number of rotatable bonds is 8. The third kappa shape index (κ3) is 4.68. The Morgan fingerprint density at radius 2 is 1.93 bits per heavy atom. The van der Waals surface area contributed by atoms with Crippen LogP contribution in [0.25, 0.3) is 6.08 Å². The molecule has 1 heterocycles. The van der Waals surface area contributed by atoms with Crippen LogP contribution in [-0.4, -0.2) is 37.1 Å². The second-order valence-corrected chi connectivity index (χ2v) is 6.20. The molecule has 0 aliphatic heterocycles. The van der Waals surface area contributed by atoms with E-state index >= 15 is 0 Å². The van der Waals surface area contributed by atoms with Crippen molar-refractivity contribution in [1.29, 1.82) is 10.5 Å². The van der Waals surface area contributed by atoms with E-state index in [2.05, 4.69) is 4.98 Å². The molecule has 0 aliphatic rings. The summed E-state index contributed by atoms with van der Waals surface area (Å²) in [5.74, 6) is -0.336. The van der Waals surface area contributed by atoms with Crippen molar-refractivity contribution in [1.82, 2.24) is 4.98 Å². The number of esters is 1. The van der Waals surface area contributed by atoms with Gasteiger partial charge < -0.3 is 19.2 Å². The molecule has 0 spiro atoms. The zero-order valence-electron chi connectivity index (χ0n) is 17.2. The molecule has 0 amide bonds. The number of aromatic nitrogens is 1. The Morgan fingerprint density at radius 3 is 2.53 bits per heavy atom. The molecule has 0 unspecified atom stereocenters. The predicted octanol–water partition coefficient (Wildman–Crippen LogP) is 3.51. The first-order chi connectivity index (χ1) is 14.4. The summed E-state index contributed by atoms with van der Waals surface area (Å²) >= 11 is 0. The van der Waals surface area contributed by atoms with Crippen LogP contribution in [0.2, 0.25) is 0 Å². The Labute approximate surface area is 174 Å². The molecule has 2 aromatic rings. The smallest absolute Gasteiger partial charge is 0.340 e. The molecule has 2 rings (SSSR count). The summed E-state index contributed by atoms with van der Waals surface area (Å²) in [4.78, 5) is 28.0. The van der Waals surface area contributed by atoms with Crippen molar-refractivity contribution in [2.45, 2.75) is 20.8 Å². The molecular weight excluding hydrogens is 386 g/mol. The standard InChI is InChI=1S/C22H21N3O5/c1-5-29-22(27)19-13(2)20(25-14(19)3)21(26)16(12-24)10-15-6-7-17(30-9-8-23)18(11-15)28-4/h6-7,10-11,25H,5,9H2,1-4H3/b16-10+. The van der Waals surface area contributed by atoms with E-state index < -0.39 is 11.8 Å². The number of ether oxygens (including phenoxy) is 3. The highest BCUT2D eigenvalue weighted by Crippen LogP contribution is 2.29. The normalized spacial score (nSPS) is 10.7. The number of hydrogen-bond acceptors (Lipinski definition) is 7. The predicted molar refractivity (Wildman–Crippen MR) is 108 cm³/mol. The fourth-order valence-corrected chi connectivity index (χ4v) is 2.94. The minimum absolute atomic E-state index is 0.123. The van der Waals surface area contributed by atoms with Gasteiger partial charge in [0.15, 0.2) is 18.1 Å². The number of nitrogens with zero attached hydrogens (tertiary/aromatic N) is 2. The van der Waals surface area contributed by atoms with Crippen molar-refractivity contribution in [3.05, 3.63) is 51.9 Å². The number of H-pyrrole nitrogens is 1. The molecule has 30 heavy (non-hydrogen) atoms. The molecular formula is C22H21N3O5. The van der Waals surface area contributed by atoms with Crippen molar-refractivity contribution in [3.63, 3.8) is 0 Å². The summed E-state index contributed by atoms with van der Waals surface area (Å²) < 4.78 is 15.5. The molecule has 1 N–H and O–H groups in total. The van der Waals surface area contributed by atoms with Gasteiger partial charge in [0.05, 0.1) is 25.0 Å². The van der Waals surface area contributed by atoms with Gasteiger partial charge in [0.25, 0.3) is 0 Å². The number of nitrogens with one attached hydrogen (secondary N) is 1. The Morgan fingerprint density at radius 1 is 1.20 bits per heavy atom. The van der Waals surface area contributed by atoms with Gasteiger partial charge in [0.2, 0.25) is 5.78 Å². The third-order valence-electron chi connectivity index (χ3n) is 4.30. The van der Waals surface area contributed by atoms with Crippen LogP contribution in [0.1, 0.15) is 44.6 Å². The van der Waals surface area contributed by atoms with Gasteiger partial charge in [-0.25, -0.2) is 4.79 Å². The highest BCUT2D eigenvalue weighted by molar-refractivity contribution is 6.15. The second kappa shape index (κ2) is 9.94. The maximum atomic E-state index is 12.9. The number of aryl methyl sites for hydroxylation is 1. The molecule has 0 bridgehead atoms. The summed E-state index contributed by atoms with van der Waals surface area (Å²) in [6.45, 7) is 5.06. The van der Waals surface area contributed by atoms with Crippen LogP contribution in [0.3, 0.4) is 0 Å². The van der Waals surface area contributed by atoms with Crippen LogP contribution in [0.4, 0.5) is 0 Å². The molecule has 0 saturated carbocycles. The van der Waals surface area contributed by atoms with E-state index in [-0.39, 0.29) is 30.0 Å². The monoisotopic (exact) mass is 407 g/mol. The van der Waals surface area contributed by atoms with E-state index in [0.29, 0.717) is 28.3 Å². The van der Waals surface area contributed by atoms with Gasteiger partial charge in [0.1, 0.15) is 17.7 Å². The van der Waals surface area contributed by atoms with E-state index in [1.165, 1.54) is 13.2 Å². The minimum atomic E-state index is -0.544. The van der Waals surface area contributed by atoms with Gasteiger partial charge in [-0.2, -0.15) is 10.5 Å². The highest BCUT2D eigenvalue weighted by atomic mass is 16.5. The Hall–Kier alpha value is -4.04. The average molecular weight is 407 g/mol. The number of carbonyl (C=O) groups is 2. The van der Waals surface area contributed by atoms with Gasteiger partial charge in [-0.15, -0.1) is 0 Å². The number of allylic oxidation sites excluding steroid dienone is 1. The van der Waals surface area contributed by atoms with Crippen LogP contribution in [0, 0.1) is 36.5 Å². The third-order valence-corrected chi connectivity index (χ3v) is 4.30. The van der Waals surface area contributed by atoms with Crippen LogP contribution >= 0.6 is 0 Å². The minimum Gasteiger partial charge on any atom is -0.493 e. The number of nitriles is 2. The number of carbonyl (C=O) groups excluding carboxylic acids is 2. The summed E-state index contributed by atoms with van der Waals surface area (Å²) in [5, 5.41) is 18.2. The summed E-state index contributed by atoms with van der Waals surface area (Å²) in [6, 6.07) is 8.59. The van der Waals surface area contributed by atoms with E-state index in [0.717, 1.165) is 0 Å². The molecule has 8 heteroatoms. The first-order valence-electron chi connectivity index (χ1n) is 9.08. The molecule has 0 atom stereocenters. The molecule has 0 aliphatic carbocycles. The number of ketones is 1. The van der Waals surface area contributed by atoms with Gasteiger partial charge in [0, 0.05) is 5.69 Å². The number of Topliss-reactive ketones (excluding diaryl/α,β-unsaturated/α-hetero) is 1. The molecule has 1 aromatic heterocycles. The molecule has 1 aromatic carbocycles. The summed E-state index contributed by atoms with van der Waals surface area (Å²) in [6.07, 6.45) is 1.42. The summed E-state index contributed by atoms with van der Waals surface area (Å²) in [5.41, 5.74) is 1.78. The lowest BCUT2D eigenvalue weighted by molar-refractivity contribution is 0.0525. The van der Waals surface area contributed by atoms with E-state index in [9.17, 15) is 14.9 Å². The second-order valence-electron chi connectivity index (χ2n) is 6.20. The summed E-state index contributed by atoms with van der Waals surface area (Å²) in [7, 11) is 1.44.